The highest BCUT2D eigenvalue weighted by molar-refractivity contribution is 6.16. The van der Waals surface area contributed by atoms with Gasteiger partial charge in [0, 0.05) is 22.0 Å². The number of benzene rings is 4. The summed E-state index contributed by atoms with van der Waals surface area (Å²) in [4.78, 5) is 13.0. The molecule has 0 fully saturated rings. The summed E-state index contributed by atoms with van der Waals surface area (Å²) < 4.78 is 0. The lowest BCUT2D eigenvalue weighted by Crippen LogP contribution is -2.12. The average Bonchev–Trinajstić information content (AvgIpc) is 2.67. The highest BCUT2D eigenvalue weighted by Gasteiger charge is 2.13. The van der Waals surface area contributed by atoms with Gasteiger partial charge in [-0.15, -0.1) is 0 Å². The number of rotatable bonds is 3. The van der Waals surface area contributed by atoms with E-state index in [1.165, 1.54) is 0 Å². The second-order valence-corrected chi connectivity index (χ2v) is 6.08. The number of aromatic hydroxyl groups is 1. The summed E-state index contributed by atoms with van der Waals surface area (Å²) in [5.41, 5.74) is 2.26. The number of amides is 1. The Bertz CT molecular complexity index is 1160. The molecular formula is C23H17NO2. The molecule has 0 radical (unpaired) electrons. The van der Waals surface area contributed by atoms with E-state index in [1.54, 1.807) is 18.2 Å². The highest BCUT2D eigenvalue weighted by atomic mass is 16.3. The average molecular weight is 339 g/mol. The van der Waals surface area contributed by atoms with Crippen LogP contribution in [-0.4, -0.2) is 11.0 Å². The molecule has 4 aromatic rings. The van der Waals surface area contributed by atoms with Gasteiger partial charge in [0.25, 0.3) is 5.91 Å². The van der Waals surface area contributed by atoms with Crippen LogP contribution in [0.3, 0.4) is 0 Å². The zero-order chi connectivity index (χ0) is 18.1. The fourth-order valence-electron chi connectivity index (χ4n) is 3.30. The number of hydrogen-bond acceptors (Lipinski definition) is 2. The first-order valence-electron chi connectivity index (χ1n) is 8.35. The van der Waals surface area contributed by atoms with Crippen LogP contribution < -0.4 is 5.32 Å². The van der Waals surface area contributed by atoms with Crippen LogP contribution in [0.5, 0.6) is 5.75 Å². The zero-order valence-corrected chi connectivity index (χ0v) is 14.1. The summed E-state index contributed by atoms with van der Waals surface area (Å²) in [6.45, 7) is 3.84. The highest BCUT2D eigenvalue weighted by Crippen LogP contribution is 2.31. The van der Waals surface area contributed by atoms with E-state index in [0.29, 0.717) is 16.6 Å². The predicted molar refractivity (Wildman–Crippen MR) is 108 cm³/mol. The number of hydrogen-bond donors (Lipinski definition) is 2. The molecular weight excluding hydrogens is 322 g/mol. The van der Waals surface area contributed by atoms with Gasteiger partial charge < -0.3 is 10.4 Å². The monoisotopic (exact) mass is 339 g/mol. The van der Waals surface area contributed by atoms with Crippen molar-refractivity contribution in [2.45, 2.75) is 0 Å². The SMILES string of the molecule is C=Cc1cccc2c(C(=O)Nc3cccc4c(O)cccc34)cccc12. The third-order valence-electron chi connectivity index (χ3n) is 4.57. The molecule has 4 rings (SSSR count). The number of nitrogens with one attached hydrogen (secondary N) is 1. The van der Waals surface area contributed by atoms with E-state index in [2.05, 4.69) is 11.9 Å². The van der Waals surface area contributed by atoms with Crippen LogP contribution in [0, 0.1) is 0 Å². The third-order valence-corrected chi connectivity index (χ3v) is 4.57. The first-order valence-corrected chi connectivity index (χ1v) is 8.35. The molecule has 0 aliphatic rings. The molecule has 0 spiro atoms. The van der Waals surface area contributed by atoms with Crippen LogP contribution in [0.1, 0.15) is 15.9 Å². The van der Waals surface area contributed by atoms with Gasteiger partial charge in [-0.05, 0) is 34.5 Å². The van der Waals surface area contributed by atoms with E-state index in [0.717, 1.165) is 21.7 Å². The molecule has 3 nitrogen and oxygen atoms in total. The maximum atomic E-state index is 13.0. The molecule has 2 N–H and O–H groups in total. The Kier molecular flexibility index (Phi) is 3.90. The van der Waals surface area contributed by atoms with E-state index >= 15 is 0 Å². The zero-order valence-electron chi connectivity index (χ0n) is 14.1. The van der Waals surface area contributed by atoms with Gasteiger partial charge >= 0.3 is 0 Å². The van der Waals surface area contributed by atoms with E-state index in [4.69, 9.17) is 0 Å². The molecule has 26 heavy (non-hydrogen) atoms. The van der Waals surface area contributed by atoms with Crippen molar-refractivity contribution in [3.63, 3.8) is 0 Å². The molecule has 0 aromatic heterocycles. The lowest BCUT2D eigenvalue weighted by Gasteiger charge is -2.12. The van der Waals surface area contributed by atoms with E-state index in [1.807, 2.05) is 60.7 Å². The van der Waals surface area contributed by atoms with Crippen molar-refractivity contribution in [3.05, 3.63) is 90.5 Å². The lowest BCUT2D eigenvalue weighted by molar-refractivity contribution is 0.102. The van der Waals surface area contributed by atoms with E-state index < -0.39 is 0 Å². The largest absolute Gasteiger partial charge is 0.507 e. The summed E-state index contributed by atoms with van der Waals surface area (Å²) in [5, 5.41) is 16.4. The molecule has 3 heteroatoms. The molecule has 0 saturated heterocycles. The van der Waals surface area contributed by atoms with Crippen LogP contribution >= 0.6 is 0 Å². The number of fused-ring (bicyclic) bond motifs is 2. The minimum absolute atomic E-state index is 0.187. The molecule has 0 unspecified atom stereocenters. The number of carbonyl (C=O) groups is 1. The minimum Gasteiger partial charge on any atom is -0.507 e. The fraction of sp³-hybridized carbons (Fsp3) is 0. The molecule has 126 valence electrons. The smallest absolute Gasteiger partial charge is 0.256 e. The Balaban J connectivity index is 1.80. The Hall–Kier alpha value is -3.59. The summed E-state index contributed by atoms with van der Waals surface area (Å²) in [6.07, 6.45) is 1.79. The van der Waals surface area contributed by atoms with Crippen molar-refractivity contribution in [2.75, 3.05) is 5.32 Å². The Morgan fingerprint density at radius 3 is 2.31 bits per heavy atom. The summed E-state index contributed by atoms with van der Waals surface area (Å²) >= 11 is 0. The van der Waals surface area contributed by atoms with E-state index in [9.17, 15) is 9.90 Å². The molecule has 0 bridgehead atoms. The maximum Gasteiger partial charge on any atom is 0.256 e. The van der Waals surface area contributed by atoms with Gasteiger partial charge in [0.2, 0.25) is 0 Å². The van der Waals surface area contributed by atoms with Crippen molar-refractivity contribution in [1.29, 1.82) is 0 Å². The second-order valence-electron chi connectivity index (χ2n) is 6.08. The summed E-state index contributed by atoms with van der Waals surface area (Å²) in [5.74, 6) is 0.00652. The van der Waals surface area contributed by atoms with Crippen molar-refractivity contribution >= 4 is 39.2 Å². The molecule has 0 saturated carbocycles. The predicted octanol–water partition coefficient (Wildman–Crippen LogP) is 5.59. The van der Waals surface area contributed by atoms with Crippen LogP contribution in [-0.2, 0) is 0 Å². The molecule has 0 aliphatic carbocycles. The van der Waals surface area contributed by atoms with Crippen molar-refractivity contribution in [2.24, 2.45) is 0 Å². The van der Waals surface area contributed by atoms with Crippen LogP contribution in [0.15, 0.2) is 79.4 Å². The van der Waals surface area contributed by atoms with Gasteiger partial charge in [0.15, 0.2) is 0 Å². The van der Waals surface area contributed by atoms with Gasteiger partial charge in [-0.1, -0.05) is 67.3 Å². The number of phenols is 1. The Morgan fingerprint density at radius 2 is 1.46 bits per heavy atom. The fourth-order valence-corrected chi connectivity index (χ4v) is 3.30. The summed E-state index contributed by atoms with van der Waals surface area (Å²) in [7, 11) is 0. The lowest BCUT2D eigenvalue weighted by atomic mass is 9.99. The van der Waals surface area contributed by atoms with Crippen LogP contribution in [0.25, 0.3) is 27.6 Å². The first kappa shape index (κ1) is 15.9. The Labute approximate surface area is 151 Å². The molecule has 0 aliphatic heterocycles. The molecule has 1 amide bonds. The Morgan fingerprint density at radius 1 is 0.808 bits per heavy atom. The van der Waals surface area contributed by atoms with Crippen molar-refractivity contribution in [3.8, 4) is 5.75 Å². The second kappa shape index (κ2) is 6.37. The molecule has 0 heterocycles. The number of phenolic OH excluding ortho intramolecular Hbond substituents is 1. The van der Waals surface area contributed by atoms with Crippen molar-refractivity contribution < 1.29 is 9.90 Å². The third kappa shape index (κ3) is 2.60. The van der Waals surface area contributed by atoms with Crippen LogP contribution in [0.4, 0.5) is 5.69 Å². The quantitative estimate of drug-likeness (QED) is 0.511. The molecule has 4 aromatic carbocycles. The summed E-state index contributed by atoms with van der Waals surface area (Å²) in [6, 6.07) is 22.3. The standard InChI is InChI=1S/C23H17NO2/c1-2-15-7-3-9-17-16(15)8-4-12-20(17)23(26)24-21-13-5-11-19-18(21)10-6-14-22(19)25/h2-14,25H,1H2,(H,24,26). The van der Waals surface area contributed by atoms with Gasteiger partial charge in [-0.3, -0.25) is 4.79 Å². The minimum atomic E-state index is -0.187. The van der Waals surface area contributed by atoms with Gasteiger partial charge in [0.1, 0.15) is 5.75 Å². The first-order chi connectivity index (χ1) is 12.7. The normalized spacial score (nSPS) is 10.8. The van der Waals surface area contributed by atoms with Gasteiger partial charge in [-0.2, -0.15) is 0 Å². The van der Waals surface area contributed by atoms with Crippen molar-refractivity contribution in [1.82, 2.24) is 0 Å². The maximum absolute atomic E-state index is 13.0. The topological polar surface area (TPSA) is 49.3 Å². The van der Waals surface area contributed by atoms with E-state index in [-0.39, 0.29) is 11.7 Å². The molecule has 0 atom stereocenters. The number of carbonyl (C=O) groups excluding carboxylic acids is 1. The van der Waals surface area contributed by atoms with Gasteiger partial charge in [-0.25, -0.2) is 0 Å². The number of anilines is 1. The van der Waals surface area contributed by atoms with Gasteiger partial charge in [0.05, 0.1) is 0 Å². The van der Waals surface area contributed by atoms with Crippen LogP contribution in [0.2, 0.25) is 0 Å².